The molecule has 1 saturated heterocycles. The zero-order valence-electron chi connectivity index (χ0n) is 13.7. The van der Waals surface area contributed by atoms with E-state index in [1.165, 1.54) is 0 Å². The maximum atomic E-state index is 11.1. The number of hydrogen-bond donors (Lipinski definition) is 4. The Morgan fingerprint density at radius 3 is 1.26 bits per heavy atom. The van der Waals surface area contributed by atoms with Gasteiger partial charge in [0.2, 0.25) is 0 Å². The first kappa shape index (κ1) is 19.8. The van der Waals surface area contributed by atoms with Crippen molar-refractivity contribution in [3.8, 4) is 0 Å². The quantitative estimate of drug-likeness (QED) is 0.409. The van der Waals surface area contributed by atoms with Gasteiger partial charge in [0.25, 0.3) is 11.8 Å². The standard InChI is InChI=1S/C14H28N4O5/c15-13(19)11-17-1-5-21-6-2-18(12-14(16)20)4-8-23-10-9-22-7-3-17/h1-12H2,(H2,15,19)(H2,16,20)/p+2. The molecule has 2 amide bonds. The van der Waals surface area contributed by atoms with Gasteiger partial charge in [-0.05, 0) is 0 Å². The molecule has 0 aromatic rings. The van der Waals surface area contributed by atoms with E-state index in [0.717, 1.165) is 9.80 Å². The van der Waals surface area contributed by atoms with E-state index in [2.05, 4.69) is 0 Å². The molecule has 0 aromatic heterocycles. The van der Waals surface area contributed by atoms with Gasteiger partial charge in [0, 0.05) is 0 Å². The monoisotopic (exact) mass is 334 g/mol. The van der Waals surface area contributed by atoms with E-state index in [9.17, 15) is 9.59 Å². The topological polar surface area (TPSA) is 123 Å². The highest BCUT2D eigenvalue weighted by molar-refractivity contribution is 5.74. The zero-order valence-corrected chi connectivity index (χ0v) is 13.7. The molecular weight excluding hydrogens is 304 g/mol. The van der Waals surface area contributed by atoms with Gasteiger partial charge in [-0.2, -0.15) is 0 Å². The van der Waals surface area contributed by atoms with Gasteiger partial charge in [-0.15, -0.1) is 0 Å². The van der Waals surface area contributed by atoms with Crippen LogP contribution in [0.25, 0.3) is 0 Å². The van der Waals surface area contributed by atoms with Crippen LogP contribution in [0.1, 0.15) is 0 Å². The smallest absolute Gasteiger partial charge is 0.272 e. The van der Waals surface area contributed by atoms with Crippen molar-refractivity contribution < 1.29 is 33.6 Å². The van der Waals surface area contributed by atoms with Crippen molar-refractivity contribution in [1.29, 1.82) is 0 Å². The fourth-order valence-corrected chi connectivity index (χ4v) is 2.39. The lowest BCUT2D eigenvalue weighted by Gasteiger charge is -2.19. The SMILES string of the molecule is NC(=O)C[NH+]1CCOCCOCC[NH+](CC(N)=O)CCOCC1. The predicted molar refractivity (Wildman–Crippen MR) is 82.0 cm³/mol. The number of amides is 2. The first-order valence-corrected chi connectivity index (χ1v) is 8.05. The predicted octanol–water partition coefficient (Wildman–Crippen LogP) is -5.21. The van der Waals surface area contributed by atoms with Crippen LogP contribution in [0.15, 0.2) is 0 Å². The molecule has 0 aliphatic carbocycles. The Morgan fingerprint density at radius 1 is 0.652 bits per heavy atom. The van der Waals surface area contributed by atoms with Crippen molar-refractivity contribution in [2.75, 3.05) is 78.9 Å². The first-order valence-electron chi connectivity index (χ1n) is 8.05. The molecular formula is C14H30N4O5+2. The Morgan fingerprint density at radius 2 is 0.957 bits per heavy atom. The molecule has 9 nitrogen and oxygen atoms in total. The number of carbonyl (C=O) groups excluding carboxylic acids is 2. The molecule has 1 fully saturated rings. The second-order valence-corrected chi connectivity index (χ2v) is 5.62. The largest absolute Gasteiger partial charge is 0.373 e. The van der Waals surface area contributed by atoms with Crippen LogP contribution < -0.4 is 21.3 Å². The number of quaternary nitrogens is 2. The fourth-order valence-electron chi connectivity index (χ4n) is 2.39. The zero-order chi connectivity index (χ0) is 16.9. The third-order valence-electron chi connectivity index (χ3n) is 3.62. The Bertz CT molecular complexity index is 324. The van der Waals surface area contributed by atoms with Crippen molar-refractivity contribution in [3.05, 3.63) is 0 Å². The number of nitrogens with one attached hydrogen (secondary N) is 2. The molecule has 1 heterocycles. The van der Waals surface area contributed by atoms with Crippen molar-refractivity contribution in [2.45, 2.75) is 0 Å². The molecule has 6 N–H and O–H groups in total. The highest BCUT2D eigenvalue weighted by Gasteiger charge is 2.14. The normalized spacial score (nSPS) is 25.9. The lowest BCUT2D eigenvalue weighted by atomic mass is 10.4. The van der Waals surface area contributed by atoms with Gasteiger partial charge in [0.15, 0.2) is 13.1 Å². The van der Waals surface area contributed by atoms with Crippen LogP contribution in [0, 0.1) is 0 Å². The molecule has 9 heteroatoms. The van der Waals surface area contributed by atoms with Crippen LogP contribution in [-0.4, -0.2) is 90.7 Å². The lowest BCUT2D eigenvalue weighted by Crippen LogP contribution is -3.14. The van der Waals surface area contributed by atoms with Crippen LogP contribution in [0.5, 0.6) is 0 Å². The second-order valence-electron chi connectivity index (χ2n) is 5.62. The Hall–Kier alpha value is -1.26. The molecule has 0 spiro atoms. The number of hydrogen-bond acceptors (Lipinski definition) is 5. The van der Waals surface area contributed by atoms with Crippen LogP contribution in [-0.2, 0) is 23.8 Å². The number of nitrogens with two attached hydrogens (primary N) is 2. The van der Waals surface area contributed by atoms with Gasteiger partial charge in [-0.1, -0.05) is 0 Å². The summed E-state index contributed by atoms with van der Waals surface area (Å²) in [5.41, 5.74) is 10.5. The van der Waals surface area contributed by atoms with Gasteiger partial charge in [0.1, 0.15) is 26.2 Å². The minimum atomic E-state index is -0.335. The Balaban J connectivity index is 2.43. The summed E-state index contributed by atoms with van der Waals surface area (Å²) in [7, 11) is 0. The lowest BCUT2D eigenvalue weighted by molar-refractivity contribution is -0.896. The van der Waals surface area contributed by atoms with Gasteiger partial charge >= 0.3 is 0 Å². The van der Waals surface area contributed by atoms with E-state index < -0.39 is 0 Å². The molecule has 2 atom stereocenters. The summed E-state index contributed by atoms with van der Waals surface area (Å²) in [6.07, 6.45) is 0. The summed E-state index contributed by atoms with van der Waals surface area (Å²) in [6.45, 7) is 6.47. The van der Waals surface area contributed by atoms with E-state index in [1.54, 1.807) is 0 Å². The molecule has 1 aliphatic heterocycles. The van der Waals surface area contributed by atoms with E-state index in [0.29, 0.717) is 65.8 Å². The molecule has 134 valence electrons. The summed E-state index contributed by atoms with van der Waals surface area (Å²) in [5, 5.41) is 0. The summed E-state index contributed by atoms with van der Waals surface area (Å²) >= 11 is 0. The Labute approximate surface area is 136 Å². The number of ether oxygens (including phenoxy) is 3. The number of rotatable bonds is 4. The highest BCUT2D eigenvalue weighted by Crippen LogP contribution is 1.78. The fraction of sp³-hybridized carbons (Fsp3) is 0.857. The summed E-state index contributed by atoms with van der Waals surface area (Å²) in [4.78, 5) is 24.2. The van der Waals surface area contributed by atoms with Crippen LogP contribution in [0.4, 0.5) is 0 Å². The first-order chi connectivity index (χ1) is 11.1. The minimum Gasteiger partial charge on any atom is -0.373 e. The molecule has 1 rings (SSSR count). The number of carbonyl (C=O) groups is 2. The summed E-state index contributed by atoms with van der Waals surface area (Å²) < 4.78 is 16.6. The van der Waals surface area contributed by atoms with Crippen molar-refractivity contribution in [2.24, 2.45) is 11.5 Å². The van der Waals surface area contributed by atoms with Crippen LogP contribution >= 0.6 is 0 Å². The minimum absolute atomic E-state index is 0.266. The van der Waals surface area contributed by atoms with Crippen molar-refractivity contribution in [1.82, 2.24) is 0 Å². The van der Waals surface area contributed by atoms with Gasteiger partial charge in [0.05, 0.1) is 39.6 Å². The van der Waals surface area contributed by atoms with E-state index >= 15 is 0 Å². The average Bonchev–Trinajstić information content (AvgIpc) is 2.47. The molecule has 23 heavy (non-hydrogen) atoms. The van der Waals surface area contributed by atoms with Crippen LogP contribution in [0.3, 0.4) is 0 Å². The molecule has 0 saturated carbocycles. The average molecular weight is 334 g/mol. The van der Waals surface area contributed by atoms with Crippen molar-refractivity contribution in [3.63, 3.8) is 0 Å². The van der Waals surface area contributed by atoms with Crippen molar-refractivity contribution >= 4 is 11.8 Å². The molecule has 0 bridgehead atoms. The van der Waals surface area contributed by atoms with E-state index in [4.69, 9.17) is 25.7 Å². The van der Waals surface area contributed by atoms with Crippen LogP contribution in [0.2, 0.25) is 0 Å². The molecule has 2 unspecified atom stereocenters. The van der Waals surface area contributed by atoms with Gasteiger partial charge in [-0.3, -0.25) is 9.59 Å². The maximum absolute atomic E-state index is 11.1. The second kappa shape index (κ2) is 12.2. The molecule has 1 aliphatic rings. The molecule has 0 radical (unpaired) electrons. The van der Waals surface area contributed by atoms with Gasteiger partial charge in [-0.25, -0.2) is 0 Å². The maximum Gasteiger partial charge on any atom is 0.272 e. The van der Waals surface area contributed by atoms with E-state index in [-0.39, 0.29) is 24.9 Å². The van der Waals surface area contributed by atoms with Gasteiger partial charge < -0.3 is 35.5 Å². The third kappa shape index (κ3) is 11.0. The Kier molecular flexibility index (Phi) is 10.5. The summed E-state index contributed by atoms with van der Waals surface area (Å²) in [6, 6.07) is 0. The summed E-state index contributed by atoms with van der Waals surface area (Å²) in [5.74, 6) is -0.670. The molecule has 0 aromatic carbocycles. The third-order valence-corrected chi connectivity index (χ3v) is 3.62. The number of primary amides is 2. The highest BCUT2D eigenvalue weighted by atomic mass is 16.5. The van der Waals surface area contributed by atoms with E-state index in [1.807, 2.05) is 0 Å².